The maximum absolute atomic E-state index is 12.9. The van der Waals surface area contributed by atoms with Crippen LogP contribution < -0.4 is 19.1 Å². The fraction of sp³-hybridized carbons (Fsp3) is 0.333. The summed E-state index contributed by atoms with van der Waals surface area (Å²) >= 11 is 0. The molecule has 2 aromatic carbocycles. The molecule has 0 saturated heterocycles. The number of hydrogen-bond acceptors (Lipinski definition) is 6. The molecule has 164 valence electrons. The van der Waals surface area contributed by atoms with E-state index in [1.807, 2.05) is 0 Å². The van der Waals surface area contributed by atoms with Crippen LogP contribution in [0.3, 0.4) is 0 Å². The van der Waals surface area contributed by atoms with Crippen molar-refractivity contribution in [3.8, 4) is 11.5 Å². The van der Waals surface area contributed by atoms with Crippen molar-refractivity contribution in [2.75, 3.05) is 22.8 Å². The summed E-state index contributed by atoms with van der Waals surface area (Å²) in [5.41, 5.74) is 0.452. The Morgan fingerprint density at radius 2 is 1.87 bits per heavy atom. The summed E-state index contributed by atoms with van der Waals surface area (Å²) in [5.74, 6) is -0.848. The highest BCUT2D eigenvalue weighted by Crippen LogP contribution is 2.34. The molecule has 2 aliphatic rings. The van der Waals surface area contributed by atoms with Crippen molar-refractivity contribution in [2.45, 2.75) is 36.7 Å². The van der Waals surface area contributed by atoms with Crippen LogP contribution in [0.15, 0.2) is 47.4 Å². The van der Waals surface area contributed by atoms with Gasteiger partial charge in [0, 0.05) is 5.69 Å². The van der Waals surface area contributed by atoms with E-state index in [2.05, 4.69) is 4.72 Å². The van der Waals surface area contributed by atoms with E-state index in [1.54, 1.807) is 24.3 Å². The molecule has 1 aliphatic carbocycles. The lowest BCUT2D eigenvalue weighted by Gasteiger charge is -2.28. The topological polar surface area (TPSA) is 122 Å². The third kappa shape index (κ3) is 4.74. The van der Waals surface area contributed by atoms with Crippen LogP contribution in [0.4, 0.5) is 11.4 Å². The first kappa shape index (κ1) is 21.0. The molecule has 2 aromatic rings. The van der Waals surface area contributed by atoms with E-state index in [4.69, 9.17) is 14.6 Å². The summed E-state index contributed by atoms with van der Waals surface area (Å²) in [6.07, 6.45) is 4.57. The number of amides is 1. The zero-order chi connectivity index (χ0) is 22.0. The number of nitrogens with one attached hydrogen (secondary N) is 1. The van der Waals surface area contributed by atoms with Crippen LogP contribution in [0.25, 0.3) is 0 Å². The third-order valence-electron chi connectivity index (χ3n) is 5.19. The first-order valence-electron chi connectivity index (χ1n) is 9.90. The molecular formula is C21H22N2O7S. The molecule has 0 spiro atoms. The number of carbonyl (C=O) groups excluding carboxylic acids is 1. The van der Waals surface area contributed by atoms with Gasteiger partial charge in [0.2, 0.25) is 0 Å². The van der Waals surface area contributed by atoms with Crippen molar-refractivity contribution in [3.05, 3.63) is 42.5 Å². The quantitative estimate of drug-likeness (QED) is 0.670. The minimum atomic E-state index is -3.98. The number of carboxylic acids is 1. The minimum Gasteiger partial charge on any atom is -0.490 e. The smallest absolute Gasteiger partial charge is 0.323 e. The molecule has 0 radical (unpaired) electrons. The fourth-order valence-electron chi connectivity index (χ4n) is 3.67. The maximum Gasteiger partial charge on any atom is 0.323 e. The van der Waals surface area contributed by atoms with E-state index in [0.29, 0.717) is 11.4 Å². The lowest BCUT2D eigenvalue weighted by atomic mass is 10.2. The number of hydrogen-bond donors (Lipinski definition) is 2. The Labute approximate surface area is 179 Å². The lowest BCUT2D eigenvalue weighted by molar-refractivity contribution is -0.137. The maximum atomic E-state index is 12.9. The average Bonchev–Trinajstić information content (AvgIpc) is 3.24. The van der Waals surface area contributed by atoms with Crippen LogP contribution in [-0.4, -0.2) is 44.7 Å². The van der Waals surface area contributed by atoms with E-state index in [0.717, 1.165) is 30.6 Å². The van der Waals surface area contributed by atoms with Crippen molar-refractivity contribution in [1.82, 2.24) is 0 Å². The number of sulfonamides is 1. The zero-order valence-corrected chi connectivity index (χ0v) is 17.4. The third-order valence-corrected chi connectivity index (χ3v) is 6.57. The van der Waals surface area contributed by atoms with Gasteiger partial charge in [-0.15, -0.1) is 0 Å². The first-order chi connectivity index (χ1) is 14.8. The molecule has 1 fully saturated rings. The number of aliphatic carboxylic acids is 1. The van der Waals surface area contributed by atoms with Gasteiger partial charge in [0.05, 0.1) is 16.7 Å². The predicted molar refractivity (Wildman–Crippen MR) is 112 cm³/mol. The highest BCUT2D eigenvalue weighted by Gasteiger charge is 2.29. The summed E-state index contributed by atoms with van der Waals surface area (Å²) in [7, 11) is -3.98. The molecule has 9 nitrogen and oxygen atoms in total. The normalized spacial score (nSPS) is 16.5. The van der Waals surface area contributed by atoms with Crippen molar-refractivity contribution in [3.63, 3.8) is 0 Å². The average molecular weight is 446 g/mol. The Morgan fingerprint density at radius 3 is 2.55 bits per heavy atom. The molecule has 1 amide bonds. The zero-order valence-electron chi connectivity index (χ0n) is 16.6. The number of ether oxygens (including phenoxy) is 2. The van der Waals surface area contributed by atoms with Gasteiger partial charge in [0.25, 0.3) is 15.9 Å². The monoisotopic (exact) mass is 446 g/mol. The van der Waals surface area contributed by atoms with Crippen LogP contribution in [0.2, 0.25) is 0 Å². The van der Waals surface area contributed by atoms with E-state index in [-0.39, 0.29) is 29.0 Å². The molecule has 2 N–H and O–H groups in total. The van der Waals surface area contributed by atoms with E-state index in [1.165, 1.54) is 18.2 Å². The highest BCUT2D eigenvalue weighted by atomic mass is 32.2. The van der Waals surface area contributed by atoms with E-state index >= 15 is 0 Å². The van der Waals surface area contributed by atoms with Crippen LogP contribution in [-0.2, 0) is 19.6 Å². The summed E-state index contributed by atoms with van der Waals surface area (Å²) in [6, 6.07) is 10.6. The molecule has 0 unspecified atom stereocenters. The number of carbonyl (C=O) groups is 2. The number of nitrogens with zero attached hydrogens (tertiary/aromatic N) is 1. The number of fused-ring (bicyclic) bond motifs is 1. The predicted octanol–water partition coefficient (Wildman–Crippen LogP) is 2.62. The van der Waals surface area contributed by atoms with Crippen LogP contribution in [0, 0.1) is 0 Å². The molecule has 1 heterocycles. The summed E-state index contributed by atoms with van der Waals surface area (Å²) in [4.78, 5) is 24.0. The number of carboxylic acid groups (broad SMARTS) is 1. The lowest BCUT2D eigenvalue weighted by Crippen LogP contribution is -2.42. The van der Waals surface area contributed by atoms with Gasteiger partial charge in [-0.05, 0) is 68.1 Å². The van der Waals surface area contributed by atoms with E-state index < -0.39 is 28.4 Å². The van der Waals surface area contributed by atoms with Gasteiger partial charge in [-0.25, -0.2) is 8.42 Å². The highest BCUT2D eigenvalue weighted by molar-refractivity contribution is 7.92. The molecule has 10 heteroatoms. The first-order valence-corrected chi connectivity index (χ1v) is 11.4. The van der Waals surface area contributed by atoms with Gasteiger partial charge in [-0.3, -0.25) is 19.2 Å². The van der Waals surface area contributed by atoms with E-state index in [9.17, 15) is 18.0 Å². The molecule has 1 saturated carbocycles. The van der Waals surface area contributed by atoms with Crippen molar-refractivity contribution in [1.29, 1.82) is 0 Å². The molecule has 0 atom stereocenters. The summed E-state index contributed by atoms with van der Waals surface area (Å²) in [6.45, 7) is -0.894. The second-order valence-corrected chi connectivity index (χ2v) is 9.13. The Kier molecular flexibility index (Phi) is 5.73. The van der Waals surface area contributed by atoms with Crippen molar-refractivity contribution >= 4 is 33.3 Å². The molecule has 4 rings (SSSR count). The SMILES string of the molecule is O=C(O)CN1C(=O)COc2ccc(S(=O)(=O)Nc3ccc(OC4CCCC4)cc3)cc21. The standard InChI is InChI=1S/C21H22N2O7S/c24-20-13-29-19-10-9-17(11-18(19)23(20)12-21(25)26)31(27,28)22-14-5-7-16(8-6-14)30-15-3-1-2-4-15/h5-11,15,22H,1-4,12-13H2,(H,25,26). The van der Waals surface area contributed by atoms with Gasteiger partial charge in [0.15, 0.2) is 6.61 Å². The Morgan fingerprint density at radius 1 is 1.16 bits per heavy atom. The van der Waals surface area contributed by atoms with Crippen LogP contribution in [0.1, 0.15) is 25.7 Å². The fourth-order valence-corrected chi connectivity index (χ4v) is 4.75. The Bertz CT molecular complexity index is 1090. The number of anilines is 2. The Balaban J connectivity index is 1.53. The summed E-state index contributed by atoms with van der Waals surface area (Å²) < 4.78 is 39.4. The van der Waals surface area contributed by atoms with Gasteiger partial charge in [0.1, 0.15) is 18.0 Å². The molecular weight excluding hydrogens is 424 g/mol. The molecule has 31 heavy (non-hydrogen) atoms. The Hall–Kier alpha value is -3.27. The largest absolute Gasteiger partial charge is 0.490 e. The van der Waals surface area contributed by atoms with Crippen molar-refractivity contribution < 1.29 is 32.6 Å². The van der Waals surface area contributed by atoms with Gasteiger partial charge < -0.3 is 14.6 Å². The second kappa shape index (κ2) is 8.46. The molecule has 1 aliphatic heterocycles. The van der Waals surface area contributed by atoms with Crippen LogP contribution >= 0.6 is 0 Å². The number of benzene rings is 2. The molecule has 0 aromatic heterocycles. The number of rotatable bonds is 7. The summed E-state index contributed by atoms with van der Waals surface area (Å²) in [5, 5.41) is 9.07. The minimum absolute atomic E-state index is 0.0989. The molecule has 0 bridgehead atoms. The second-order valence-electron chi connectivity index (χ2n) is 7.45. The van der Waals surface area contributed by atoms with Crippen molar-refractivity contribution in [2.24, 2.45) is 0 Å². The van der Waals surface area contributed by atoms with Gasteiger partial charge >= 0.3 is 5.97 Å². The van der Waals surface area contributed by atoms with Gasteiger partial charge in [-0.1, -0.05) is 0 Å². The van der Waals surface area contributed by atoms with Crippen LogP contribution in [0.5, 0.6) is 11.5 Å². The van der Waals surface area contributed by atoms with Gasteiger partial charge in [-0.2, -0.15) is 0 Å².